The second-order valence-electron chi connectivity index (χ2n) is 6.20. The van der Waals surface area contributed by atoms with Gasteiger partial charge in [-0.25, -0.2) is 0 Å². The molecule has 1 aromatic carbocycles. The maximum absolute atomic E-state index is 12.8. The summed E-state index contributed by atoms with van der Waals surface area (Å²) in [7, 11) is 0. The second-order valence-corrected chi connectivity index (χ2v) is 6.20. The number of carbonyl (C=O) groups excluding carboxylic acids is 1. The number of amides is 1. The molecule has 5 nitrogen and oxygen atoms in total. The fourth-order valence-electron chi connectivity index (χ4n) is 3.32. The van der Waals surface area contributed by atoms with Crippen LogP contribution in [0.1, 0.15) is 35.5 Å². The number of hydrogen-bond donors (Lipinski definition) is 1. The first-order valence-electron chi connectivity index (χ1n) is 8.25. The van der Waals surface area contributed by atoms with E-state index in [0.717, 1.165) is 31.7 Å². The molecule has 1 saturated heterocycles. The SMILES string of the molecule is CCc1[nH]ncc1C(=O)N1CCN(c2ccccc2C)CC1C. The molecule has 0 radical (unpaired) electrons. The molecule has 0 saturated carbocycles. The Morgan fingerprint density at radius 1 is 1.35 bits per heavy atom. The van der Waals surface area contributed by atoms with Crippen LogP contribution in [-0.4, -0.2) is 46.7 Å². The van der Waals surface area contributed by atoms with Gasteiger partial charge in [-0.15, -0.1) is 0 Å². The zero-order chi connectivity index (χ0) is 16.4. The summed E-state index contributed by atoms with van der Waals surface area (Å²) in [4.78, 5) is 17.2. The van der Waals surface area contributed by atoms with E-state index >= 15 is 0 Å². The van der Waals surface area contributed by atoms with E-state index in [1.165, 1.54) is 11.3 Å². The molecule has 2 aromatic rings. The van der Waals surface area contributed by atoms with Gasteiger partial charge in [-0.3, -0.25) is 9.89 Å². The van der Waals surface area contributed by atoms with Gasteiger partial charge in [0.15, 0.2) is 0 Å². The standard InChI is InChI=1S/C18H24N4O/c1-4-16-15(11-19-20-16)18(23)22-10-9-21(12-14(22)3)17-8-6-5-7-13(17)2/h5-8,11,14H,4,9-10,12H2,1-3H3,(H,19,20). The number of para-hydroxylation sites is 1. The Morgan fingerprint density at radius 2 is 2.13 bits per heavy atom. The van der Waals surface area contributed by atoms with Crippen molar-refractivity contribution in [3.05, 3.63) is 47.3 Å². The highest BCUT2D eigenvalue weighted by Gasteiger charge is 2.30. The van der Waals surface area contributed by atoms with Crippen LogP contribution in [0.3, 0.4) is 0 Å². The highest BCUT2D eigenvalue weighted by molar-refractivity contribution is 5.95. The molecule has 1 fully saturated rings. The van der Waals surface area contributed by atoms with E-state index in [1.807, 2.05) is 11.8 Å². The molecule has 1 aliphatic heterocycles. The lowest BCUT2D eigenvalue weighted by molar-refractivity contribution is 0.0673. The summed E-state index contributed by atoms with van der Waals surface area (Å²) in [6, 6.07) is 8.60. The van der Waals surface area contributed by atoms with Crippen LogP contribution in [-0.2, 0) is 6.42 Å². The Hall–Kier alpha value is -2.30. The van der Waals surface area contributed by atoms with Crippen LogP contribution in [0.2, 0.25) is 0 Å². The van der Waals surface area contributed by atoms with E-state index in [9.17, 15) is 4.79 Å². The number of aromatic amines is 1. The van der Waals surface area contributed by atoms with Gasteiger partial charge in [0.2, 0.25) is 0 Å². The lowest BCUT2D eigenvalue weighted by atomic mass is 10.1. The largest absolute Gasteiger partial charge is 0.367 e. The molecule has 0 bridgehead atoms. The average molecular weight is 312 g/mol. The summed E-state index contributed by atoms with van der Waals surface area (Å²) in [5, 5.41) is 6.95. The molecule has 1 N–H and O–H groups in total. The van der Waals surface area contributed by atoms with Gasteiger partial charge in [0.05, 0.1) is 11.8 Å². The molecular formula is C18H24N4O. The lowest BCUT2D eigenvalue weighted by Crippen LogP contribution is -2.54. The Balaban J connectivity index is 1.74. The lowest BCUT2D eigenvalue weighted by Gasteiger charge is -2.41. The van der Waals surface area contributed by atoms with Gasteiger partial charge >= 0.3 is 0 Å². The third kappa shape index (κ3) is 2.96. The van der Waals surface area contributed by atoms with Crippen molar-refractivity contribution in [3.8, 4) is 0 Å². The quantitative estimate of drug-likeness (QED) is 0.948. The van der Waals surface area contributed by atoms with Crippen molar-refractivity contribution in [3.63, 3.8) is 0 Å². The molecule has 2 heterocycles. The number of aromatic nitrogens is 2. The minimum atomic E-state index is 0.0903. The van der Waals surface area contributed by atoms with Crippen LogP contribution >= 0.6 is 0 Å². The zero-order valence-electron chi connectivity index (χ0n) is 14.0. The van der Waals surface area contributed by atoms with Crippen molar-refractivity contribution in [1.82, 2.24) is 15.1 Å². The number of carbonyl (C=O) groups is 1. The van der Waals surface area contributed by atoms with E-state index in [2.05, 4.69) is 53.2 Å². The number of nitrogens with one attached hydrogen (secondary N) is 1. The molecule has 1 unspecified atom stereocenters. The first kappa shape index (κ1) is 15.6. The van der Waals surface area contributed by atoms with Crippen LogP contribution in [0, 0.1) is 6.92 Å². The van der Waals surface area contributed by atoms with Crippen LogP contribution < -0.4 is 4.90 Å². The van der Waals surface area contributed by atoms with E-state index in [-0.39, 0.29) is 11.9 Å². The van der Waals surface area contributed by atoms with Crippen molar-refractivity contribution >= 4 is 11.6 Å². The highest BCUT2D eigenvalue weighted by Crippen LogP contribution is 2.24. The molecule has 5 heteroatoms. The molecule has 1 aliphatic rings. The van der Waals surface area contributed by atoms with Gasteiger partial charge in [0.25, 0.3) is 5.91 Å². The van der Waals surface area contributed by atoms with Gasteiger partial charge in [0.1, 0.15) is 0 Å². The molecule has 1 atom stereocenters. The molecule has 23 heavy (non-hydrogen) atoms. The van der Waals surface area contributed by atoms with E-state index in [1.54, 1.807) is 6.20 Å². The summed E-state index contributed by atoms with van der Waals surface area (Å²) < 4.78 is 0. The van der Waals surface area contributed by atoms with Crippen LogP contribution in [0.5, 0.6) is 0 Å². The van der Waals surface area contributed by atoms with Crippen molar-refractivity contribution in [2.75, 3.05) is 24.5 Å². The number of nitrogens with zero attached hydrogens (tertiary/aromatic N) is 3. The normalized spacial score (nSPS) is 18.3. The average Bonchev–Trinajstić information content (AvgIpc) is 3.03. The minimum absolute atomic E-state index is 0.0903. The number of rotatable bonds is 3. The maximum atomic E-state index is 12.8. The van der Waals surface area contributed by atoms with E-state index in [0.29, 0.717) is 5.56 Å². The topological polar surface area (TPSA) is 52.2 Å². The Kier molecular flexibility index (Phi) is 4.37. The molecule has 0 aliphatic carbocycles. The van der Waals surface area contributed by atoms with Gasteiger partial charge in [-0.2, -0.15) is 5.10 Å². The first-order chi connectivity index (χ1) is 11.1. The smallest absolute Gasteiger partial charge is 0.257 e. The molecule has 0 spiro atoms. The van der Waals surface area contributed by atoms with Crippen molar-refractivity contribution in [1.29, 1.82) is 0 Å². The first-order valence-corrected chi connectivity index (χ1v) is 8.25. The summed E-state index contributed by atoms with van der Waals surface area (Å²) >= 11 is 0. The molecule has 122 valence electrons. The second kappa shape index (κ2) is 6.44. The van der Waals surface area contributed by atoms with E-state index in [4.69, 9.17) is 0 Å². The summed E-state index contributed by atoms with van der Waals surface area (Å²) in [5.41, 5.74) is 4.18. The van der Waals surface area contributed by atoms with Crippen molar-refractivity contribution in [2.24, 2.45) is 0 Å². The van der Waals surface area contributed by atoms with Gasteiger partial charge < -0.3 is 9.80 Å². The third-order valence-corrected chi connectivity index (χ3v) is 4.65. The number of aryl methyl sites for hydroxylation is 2. The fraction of sp³-hybridized carbons (Fsp3) is 0.444. The Morgan fingerprint density at radius 3 is 2.83 bits per heavy atom. The van der Waals surface area contributed by atoms with Gasteiger partial charge in [-0.05, 0) is 31.9 Å². The number of hydrogen-bond acceptors (Lipinski definition) is 3. The fourth-order valence-corrected chi connectivity index (χ4v) is 3.32. The van der Waals surface area contributed by atoms with Crippen LogP contribution in [0.4, 0.5) is 5.69 Å². The van der Waals surface area contributed by atoms with Crippen molar-refractivity contribution in [2.45, 2.75) is 33.2 Å². The molecule has 3 rings (SSSR count). The summed E-state index contributed by atoms with van der Waals surface area (Å²) in [6.07, 6.45) is 2.44. The Bertz CT molecular complexity index is 694. The molecule has 1 aromatic heterocycles. The minimum Gasteiger partial charge on any atom is -0.367 e. The zero-order valence-corrected chi connectivity index (χ0v) is 14.0. The Labute approximate surface area is 137 Å². The van der Waals surface area contributed by atoms with Gasteiger partial charge in [0, 0.05) is 37.1 Å². The third-order valence-electron chi connectivity index (χ3n) is 4.65. The predicted molar refractivity (Wildman–Crippen MR) is 91.9 cm³/mol. The summed E-state index contributed by atoms with van der Waals surface area (Å²) in [6.45, 7) is 8.74. The van der Waals surface area contributed by atoms with Gasteiger partial charge in [-0.1, -0.05) is 25.1 Å². The summed E-state index contributed by atoms with van der Waals surface area (Å²) in [5.74, 6) is 0.0903. The number of piperazine rings is 1. The van der Waals surface area contributed by atoms with E-state index < -0.39 is 0 Å². The maximum Gasteiger partial charge on any atom is 0.257 e. The number of anilines is 1. The molecule has 1 amide bonds. The predicted octanol–water partition coefficient (Wildman–Crippen LogP) is 2.63. The highest BCUT2D eigenvalue weighted by atomic mass is 16.2. The number of H-pyrrole nitrogens is 1. The number of benzene rings is 1. The van der Waals surface area contributed by atoms with Crippen LogP contribution in [0.15, 0.2) is 30.5 Å². The van der Waals surface area contributed by atoms with Crippen LogP contribution in [0.25, 0.3) is 0 Å². The monoisotopic (exact) mass is 312 g/mol. The van der Waals surface area contributed by atoms with Crippen molar-refractivity contribution < 1.29 is 4.79 Å². The molecular weight excluding hydrogens is 288 g/mol.